The van der Waals surface area contributed by atoms with Crippen molar-refractivity contribution in [2.24, 2.45) is 0 Å². The molecule has 0 amide bonds. The van der Waals surface area contributed by atoms with Gasteiger partial charge >= 0.3 is 5.97 Å². The van der Waals surface area contributed by atoms with Crippen molar-refractivity contribution in [2.75, 3.05) is 18.1 Å². The Morgan fingerprint density at radius 3 is 2.86 bits per heavy atom. The quantitative estimate of drug-likeness (QED) is 0.902. The summed E-state index contributed by atoms with van der Waals surface area (Å²) in [7, 11) is 0. The molecule has 4 nitrogen and oxygen atoms in total. The van der Waals surface area contributed by atoms with Gasteiger partial charge in [0.1, 0.15) is 12.4 Å². The van der Waals surface area contributed by atoms with Crippen LogP contribution in [0.2, 0.25) is 0 Å². The van der Waals surface area contributed by atoms with Crippen molar-refractivity contribution in [2.45, 2.75) is 6.54 Å². The number of hydrogen-bond acceptors (Lipinski definition) is 3. The number of nitrogens with zero attached hydrogens (tertiary/aromatic N) is 1. The number of carboxylic acid groups (broad SMARTS) is 1. The Balaban J connectivity index is 1.95. The number of benzene rings is 2. The fourth-order valence-corrected chi connectivity index (χ4v) is 2.91. The molecule has 0 bridgehead atoms. The number of anilines is 1. The number of aromatic carboxylic acids is 1. The Morgan fingerprint density at radius 2 is 2.05 bits per heavy atom. The van der Waals surface area contributed by atoms with E-state index in [-0.39, 0.29) is 5.56 Å². The standard InChI is InChI=1S/C16H14BrNO3/c17-13-7-12(16(19)20)8-14(9-13)18-5-6-21-15-4-2-1-3-11(15)10-18/h1-4,7-9H,5-6,10H2,(H,19,20). The van der Waals surface area contributed by atoms with E-state index in [4.69, 9.17) is 4.74 Å². The van der Waals surface area contributed by atoms with Gasteiger partial charge in [-0.15, -0.1) is 0 Å². The number of carbonyl (C=O) groups is 1. The number of fused-ring (bicyclic) bond motifs is 1. The van der Waals surface area contributed by atoms with E-state index in [2.05, 4.69) is 20.8 Å². The minimum Gasteiger partial charge on any atom is -0.491 e. The molecular formula is C16H14BrNO3. The Bertz CT molecular complexity index is 687. The highest BCUT2D eigenvalue weighted by molar-refractivity contribution is 9.10. The summed E-state index contributed by atoms with van der Waals surface area (Å²) in [6, 6.07) is 13.2. The summed E-state index contributed by atoms with van der Waals surface area (Å²) in [5.74, 6) is -0.0301. The summed E-state index contributed by atoms with van der Waals surface area (Å²) in [4.78, 5) is 13.3. The van der Waals surface area contributed by atoms with Gasteiger partial charge in [0, 0.05) is 22.3 Å². The van der Waals surface area contributed by atoms with Crippen LogP contribution >= 0.6 is 15.9 Å². The van der Waals surface area contributed by atoms with Crippen molar-refractivity contribution in [1.29, 1.82) is 0 Å². The smallest absolute Gasteiger partial charge is 0.335 e. The second-order valence-corrected chi connectivity index (χ2v) is 5.80. The molecule has 2 aromatic rings. The van der Waals surface area contributed by atoms with Crippen LogP contribution in [0, 0.1) is 0 Å². The van der Waals surface area contributed by atoms with Crippen LogP contribution in [0.4, 0.5) is 5.69 Å². The zero-order valence-corrected chi connectivity index (χ0v) is 12.8. The highest BCUT2D eigenvalue weighted by Crippen LogP contribution is 2.28. The molecule has 3 rings (SSSR count). The van der Waals surface area contributed by atoms with Crippen molar-refractivity contribution in [3.63, 3.8) is 0 Å². The molecule has 21 heavy (non-hydrogen) atoms. The summed E-state index contributed by atoms with van der Waals surface area (Å²) in [5, 5.41) is 9.18. The third-order valence-electron chi connectivity index (χ3n) is 3.45. The fraction of sp³-hybridized carbons (Fsp3) is 0.188. The molecule has 1 aliphatic rings. The van der Waals surface area contributed by atoms with E-state index in [9.17, 15) is 9.90 Å². The highest BCUT2D eigenvalue weighted by Gasteiger charge is 2.17. The van der Waals surface area contributed by atoms with E-state index in [1.54, 1.807) is 12.1 Å². The molecule has 108 valence electrons. The Hall–Kier alpha value is -2.01. The minimum atomic E-state index is -0.927. The molecule has 2 aromatic carbocycles. The van der Waals surface area contributed by atoms with Crippen LogP contribution in [-0.4, -0.2) is 24.2 Å². The second-order valence-electron chi connectivity index (χ2n) is 4.88. The van der Waals surface area contributed by atoms with E-state index in [0.717, 1.165) is 21.5 Å². The van der Waals surface area contributed by atoms with Crippen molar-refractivity contribution in [1.82, 2.24) is 0 Å². The van der Waals surface area contributed by atoms with Crippen LogP contribution in [0.3, 0.4) is 0 Å². The lowest BCUT2D eigenvalue weighted by Crippen LogP contribution is -2.25. The van der Waals surface area contributed by atoms with Crippen LogP contribution in [0.25, 0.3) is 0 Å². The van der Waals surface area contributed by atoms with Crippen molar-refractivity contribution < 1.29 is 14.6 Å². The van der Waals surface area contributed by atoms with E-state index in [1.807, 2.05) is 30.3 Å². The van der Waals surface area contributed by atoms with Gasteiger partial charge in [0.2, 0.25) is 0 Å². The monoisotopic (exact) mass is 347 g/mol. The van der Waals surface area contributed by atoms with Crippen LogP contribution in [0.1, 0.15) is 15.9 Å². The molecule has 1 aliphatic heterocycles. The molecule has 0 spiro atoms. The van der Waals surface area contributed by atoms with E-state index in [1.165, 1.54) is 0 Å². The number of hydrogen-bond donors (Lipinski definition) is 1. The molecular weight excluding hydrogens is 334 g/mol. The Labute approximate surface area is 131 Å². The molecule has 5 heteroatoms. The average Bonchev–Trinajstić information content (AvgIpc) is 2.68. The van der Waals surface area contributed by atoms with Crippen LogP contribution < -0.4 is 9.64 Å². The van der Waals surface area contributed by atoms with Gasteiger partial charge in [-0.25, -0.2) is 4.79 Å². The summed E-state index contributed by atoms with van der Waals surface area (Å²) in [6.45, 7) is 1.99. The molecule has 0 aliphatic carbocycles. The van der Waals surface area contributed by atoms with Crippen molar-refractivity contribution in [3.8, 4) is 5.75 Å². The lowest BCUT2D eigenvalue weighted by atomic mass is 10.1. The van der Waals surface area contributed by atoms with E-state index >= 15 is 0 Å². The summed E-state index contributed by atoms with van der Waals surface area (Å²) < 4.78 is 6.50. The van der Waals surface area contributed by atoms with Gasteiger partial charge in [-0.1, -0.05) is 34.1 Å². The van der Waals surface area contributed by atoms with Gasteiger partial charge in [-0.05, 0) is 24.3 Å². The number of rotatable bonds is 2. The summed E-state index contributed by atoms with van der Waals surface area (Å²) in [6.07, 6.45) is 0. The first kappa shape index (κ1) is 13.9. The van der Waals surface area contributed by atoms with Crippen molar-refractivity contribution >= 4 is 27.6 Å². The fourth-order valence-electron chi connectivity index (χ4n) is 2.43. The largest absolute Gasteiger partial charge is 0.491 e. The predicted octanol–water partition coefficient (Wildman–Crippen LogP) is 3.55. The first-order valence-corrected chi connectivity index (χ1v) is 7.42. The lowest BCUT2D eigenvalue weighted by Gasteiger charge is -2.22. The molecule has 0 aromatic heterocycles. The zero-order chi connectivity index (χ0) is 14.8. The molecule has 0 radical (unpaired) electrons. The number of halogens is 1. The van der Waals surface area contributed by atoms with Crippen molar-refractivity contribution in [3.05, 3.63) is 58.1 Å². The normalized spacial score (nSPS) is 14.0. The third-order valence-corrected chi connectivity index (χ3v) is 3.91. The number of carboxylic acids is 1. The average molecular weight is 348 g/mol. The molecule has 0 saturated heterocycles. The van der Waals surface area contributed by atoms with Crippen LogP contribution in [-0.2, 0) is 6.54 Å². The van der Waals surface area contributed by atoms with Gasteiger partial charge in [0.25, 0.3) is 0 Å². The lowest BCUT2D eigenvalue weighted by molar-refractivity contribution is 0.0697. The van der Waals surface area contributed by atoms with Gasteiger partial charge in [0.05, 0.1) is 12.1 Å². The third kappa shape index (κ3) is 3.03. The Morgan fingerprint density at radius 1 is 1.24 bits per heavy atom. The highest BCUT2D eigenvalue weighted by atomic mass is 79.9. The zero-order valence-electron chi connectivity index (χ0n) is 11.3. The summed E-state index contributed by atoms with van der Waals surface area (Å²) >= 11 is 3.38. The minimum absolute atomic E-state index is 0.276. The topological polar surface area (TPSA) is 49.8 Å². The molecule has 0 unspecified atom stereocenters. The van der Waals surface area contributed by atoms with Gasteiger partial charge in [-0.3, -0.25) is 0 Å². The van der Waals surface area contributed by atoms with E-state index < -0.39 is 5.97 Å². The van der Waals surface area contributed by atoms with Crippen LogP contribution in [0.15, 0.2) is 46.9 Å². The first-order chi connectivity index (χ1) is 10.1. The maximum Gasteiger partial charge on any atom is 0.335 e. The second kappa shape index (κ2) is 5.77. The van der Waals surface area contributed by atoms with E-state index in [0.29, 0.717) is 19.7 Å². The molecule has 0 fully saturated rings. The maximum absolute atomic E-state index is 11.2. The number of para-hydroxylation sites is 1. The van der Waals surface area contributed by atoms with Gasteiger partial charge < -0.3 is 14.7 Å². The molecule has 1 heterocycles. The summed E-state index contributed by atoms with van der Waals surface area (Å²) in [5.41, 5.74) is 2.26. The number of ether oxygens (including phenoxy) is 1. The van der Waals surface area contributed by atoms with Crippen LogP contribution in [0.5, 0.6) is 5.75 Å². The molecule has 0 atom stereocenters. The molecule has 1 N–H and O–H groups in total. The first-order valence-electron chi connectivity index (χ1n) is 6.63. The predicted molar refractivity (Wildman–Crippen MR) is 84.1 cm³/mol. The van der Waals surface area contributed by atoms with Gasteiger partial charge in [-0.2, -0.15) is 0 Å². The molecule has 0 saturated carbocycles. The SMILES string of the molecule is O=C(O)c1cc(Br)cc(N2CCOc3ccccc3C2)c1. The Kier molecular flexibility index (Phi) is 3.84. The van der Waals surface area contributed by atoms with Gasteiger partial charge in [0.15, 0.2) is 0 Å². The maximum atomic E-state index is 11.2.